The van der Waals surface area contributed by atoms with Crippen LogP contribution in [0.2, 0.25) is 0 Å². The van der Waals surface area contributed by atoms with Gasteiger partial charge in [0.25, 0.3) is 5.91 Å². The van der Waals surface area contributed by atoms with Gasteiger partial charge in [-0.05, 0) is 55.3 Å². The fraction of sp³-hybridized carbons (Fsp3) is 0.393. The Bertz CT molecular complexity index is 1290. The van der Waals surface area contributed by atoms with Crippen molar-refractivity contribution in [2.45, 2.75) is 33.4 Å². The molecule has 2 aliphatic rings. The summed E-state index contributed by atoms with van der Waals surface area (Å²) in [6, 6.07) is 13.5. The van der Waals surface area contributed by atoms with Gasteiger partial charge in [-0.2, -0.15) is 5.10 Å². The van der Waals surface area contributed by atoms with Crippen LogP contribution in [0.5, 0.6) is 0 Å². The first-order valence-corrected chi connectivity index (χ1v) is 13.0. The van der Waals surface area contributed by atoms with Crippen molar-refractivity contribution in [1.82, 2.24) is 24.9 Å². The molecule has 0 saturated carbocycles. The van der Waals surface area contributed by atoms with Crippen LogP contribution in [0.25, 0.3) is 0 Å². The van der Waals surface area contributed by atoms with Crippen LogP contribution in [0.1, 0.15) is 40.4 Å². The van der Waals surface area contributed by atoms with E-state index in [0.717, 1.165) is 73.0 Å². The number of aryl methyl sites for hydroxylation is 2. The molecule has 0 aliphatic carbocycles. The molecule has 3 aromatic rings. The molecule has 0 unspecified atom stereocenters. The summed E-state index contributed by atoms with van der Waals surface area (Å²) in [6.07, 6.45) is 2.94. The van der Waals surface area contributed by atoms with E-state index in [0.29, 0.717) is 18.7 Å². The smallest absolute Gasteiger partial charge is 0.317 e. The molecule has 1 fully saturated rings. The quantitative estimate of drug-likeness (QED) is 0.554. The number of aromatic nitrogens is 2. The van der Waals surface area contributed by atoms with E-state index in [-0.39, 0.29) is 11.9 Å². The Morgan fingerprint density at radius 1 is 1.08 bits per heavy atom. The van der Waals surface area contributed by atoms with Crippen LogP contribution in [0, 0.1) is 6.92 Å². The highest BCUT2D eigenvalue weighted by atomic mass is 16.2. The first-order chi connectivity index (χ1) is 17.9. The summed E-state index contributed by atoms with van der Waals surface area (Å²) in [4.78, 5) is 32.5. The van der Waals surface area contributed by atoms with Crippen molar-refractivity contribution in [3.63, 3.8) is 0 Å². The SMILES string of the molecule is CCCN1CCN(C(=O)NCc2ccc(C(=O)N3Cc4cnn(C)c4Nc4ccccc43)cc2C)CC1. The summed E-state index contributed by atoms with van der Waals surface area (Å²) in [5.41, 5.74) is 5.24. The first-order valence-electron chi connectivity index (χ1n) is 13.0. The molecule has 9 nitrogen and oxygen atoms in total. The van der Waals surface area contributed by atoms with Crippen LogP contribution in [-0.2, 0) is 20.1 Å². The van der Waals surface area contributed by atoms with Gasteiger partial charge in [0.05, 0.1) is 24.1 Å². The number of anilines is 3. The van der Waals surface area contributed by atoms with E-state index in [4.69, 9.17) is 0 Å². The number of benzene rings is 2. The minimum atomic E-state index is -0.0745. The molecule has 1 aromatic heterocycles. The maximum Gasteiger partial charge on any atom is 0.317 e. The van der Waals surface area contributed by atoms with Crippen molar-refractivity contribution >= 4 is 29.1 Å². The molecule has 5 rings (SSSR count). The van der Waals surface area contributed by atoms with E-state index in [2.05, 4.69) is 27.6 Å². The third-order valence-electron chi connectivity index (χ3n) is 7.26. The summed E-state index contributed by atoms with van der Waals surface area (Å²) in [5.74, 6) is 0.811. The predicted octanol–water partition coefficient (Wildman–Crippen LogP) is 3.87. The monoisotopic (exact) mass is 501 g/mol. The maximum absolute atomic E-state index is 13.7. The van der Waals surface area contributed by atoms with Gasteiger partial charge in [-0.1, -0.05) is 25.1 Å². The summed E-state index contributed by atoms with van der Waals surface area (Å²) >= 11 is 0. The number of hydrogen-bond donors (Lipinski definition) is 2. The second-order valence-electron chi connectivity index (χ2n) is 9.80. The molecule has 0 radical (unpaired) electrons. The van der Waals surface area contributed by atoms with E-state index < -0.39 is 0 Å². The Kier molecular flexibility index (Phi) is 7.14. The van der Waals surface area contributed by atoms with E-state index in [9.17, 15) is 9.59 Å². The number of carbonyl (C=O) groups is 2. The second-order valence-corrected chi connectivity index (χ2v) is 9.80. The molecule has 0 atom stereocenters. The number of fused-ring (bicyclic) bond motifs is 2. The number of hydrogen-bond acceptors (Lipinski definition) is 5. The van der Waals surface area contributed by atoms with Crippen molar-refractivity contribution in [1.29, 1.82) is 0 Å². The van der Waals surface area contributed by atoms with Crippen molar-refractivity contribution in [3.05, 3.63) is 70.9 Å². The highest BCUT2D eigenvalue weighted by molar-refractivity contribution is 6.08. The number of rotatable bonds is 5. The zero-order valence-electron chi connectivity index (χ0n) is 21.8. The van der Waals surface area contributed by atoms with Crippen LogP contribution in [0.15, 0.2) is 48.7 Å². The number of urea groups is 1. The van der Waals surface area contributed by atoms with Crippen LogP contribution >= 0.6 is 0 Å². The molecule has 2 aromatic carbocycles. The molecule has 9 heteroatoms. The Balaban J connectivity index is 1.27. The predicted molar refractivity (Wildman–Crippen MR) is 145 cm³/mol. The lowest BCUT2D eigenvalue weighted by Crippen LogP contribution is -2.51. The Morgan fingerprint density at radius 2 is 1.86 bits per heavy atom. The van der Waals surface area contributed by atoms with E-state index in [1.165, 1.54) is 0 Å². The topological polar surface area (TPSA) is 85.7 Å². The summed E-state index contributed by atoms with van der Waals surface area (Å²) in [7, 11) is 1.89. The minimum Gasteiger partial charge on any atom is -0.338 e. The first kappa shape index (κ1) is 24.8. The number of para-hydroxylation sites is 2. The maximum atomic E-state index is 13.7. The van der Waals surface area contributed by atoms with Crippen LogP contribution < -0.4 is 15.5 Å². The standard InChI is InChI=1S/C28H35N7O2/c1-4-11-33-12-14-34(15-13-33)28(37)29-17-22-10-9-21(16-20(22)2)27(36)35-19-23-18-30-32(3)26(23)31-24-7-5-6-8-25(24)35/h5-10,16,18,31H,4,11-15,17,19H2,1-3H3,(H,29,37). The van der Waals surface area contributed by atoms with Crippen molar-refractivity contribution < 1.29 is 9.59 Å². The lowest BCUT2D eigenvalue weighted by molar-refractivity contribution is 0.0985. The lowest BCUT2D eigenvalue weighted by atomic mass is 10.0. The Hall–Kier alpha value is -3.85. The van der Waals surface area contributed by atoms with Crippen molar-refractivity contribution in [2.24, 2.45) is 7.05 Å². The molecule has 3 heterocycles. The van der Waals surface area contributed by atoms with Gasteiger partial charge in [0.2, 0.25) is 0 Å². The molecule has 0 bridgehead atoms. The molecular formula is C28H35N7O2. The molecular weight excluding hydrogens is 466 g/mol. The van der Waals surface area contributed by atoms with Gasteiger partial charge in [0.1, 0.15) is 5.82 Å². The summed E-state index contributed by atoms with van der Waals surface area (Å²) in [5, 5.41) is 10.9. The number of amides is 3. The number of piperazine rings is 1. The van der Waals surface area contributed by atoms with Gasteiger partial charge in [-0.15, -0.1) is 0 Å². The van der Waals surface area contributed by atoms with Crippen molar-refractivity contribution in [2.75, 3.05) is 42.9 Å². The fourth-order valence-corrected chi connectivity index (χ4v) is 5.10. The highest BCUT2D eigenvalue weighted by Gasteiger charge is 2.27. The zero-order valence-corrected chi connectivity index (χ0v) is 21.8. The Labute approximate surface area is 218 Å². The van der Waals surface area contributed by atoms with Crippen LogP contribution in [0.4, 0.5) is 22.0 Å². The lowest BCUT2D eigenvalue weighted by Gasteiger charge is -2.34. The third-order valence-corrected chi connectivity index (χ3v) is 7.26. The molecule has 37 heavy (non-hydrogen) atoms. The van der Waals surface area contributed by atoms with E-state index in [1.807, 2.05) is 61.3 Å². The average Bonchev–Trinajstić information content (AvgIpc) is 3.15. The Morgan fingerprint density at radius 3 is 2.62 bits per heavy atom. The van der Waals surface area contributed by atoms with Gasteiger partial charge in [-0.25, -0.2) is 4.79 Å². The second kappa shape index (κ2) is 10.6. The van der Waals surface area contributed by atoms with Crippen LogP contribution in [0.3, 0.4) is 0 Å². The molecule has 3 amide bonds. The van der Waals surface area contributed by atoms with E-state index >= 15 is 0 Å². The van der Waals surface area contributed by atoms with Gasteiger partial charge < -0.3 is 20.4 Å². The molecule has 1 saturated heterocycles. The minimum absolute atomic E-state index is 0.0309. The van der Waals surface area contributed by atoms with E-state index in [1.54, 1.807) is 15.8 Å². The van der Waals surface area contributed by atoms with Gasteiger partial charge in [-0.3, -0.25) is 14.4 Å². The van der Waals surface area contributed by atoms with Gasteiger partial charge in [0, 0.05) is 50.9 Å². The largest absolute Gasteiger partial charge is 0.338 e. The summed E-state index contributed by atoms with van der Waals surface area (Å²) in [6.45, 7) is 9.46. The highest BCUT2D eigenvalue weighted by Crippen LogP contribution is 2.36. The van der Waals surface area contributed by atoms with Gasteiger partial charge >= 0.3 is 6.03 Å². The van der Waals surface area contributed by atoms with Crippen LogP contribution in [-0.4, -0.2) is 64.2 Å². The molecule has 0 spiro atoms. The molecule has 2 aliphatic heterocycles. The average molecular weight is 502 g/mol. The normalized spacial score (nSPS) is 15.4. The van der Waals surface area contributed by atoms with Gasteiger partial charge in [0.15, 0.2) is 0 Å². The zero-order chi connectivity index (χ0) is 25.9. The fourth-order valence-electron chi connectivity index (χ4n) is 5.10. The van der Waals surface area contributed by atoms with Crippen molar-refractivity contribution in [3.8, 4) is 0 Å². The molecule has 194 valence electrons. The third kappa shape index (κ3) is 5.17. The molecule has 2 N–H and O–H groups in total. The summed E-state index contributed by atoms with van der Waals surface area (Å²) < 4.78 is 1.79. The number of nitrogens with one attached hydrogen (secondary N) is 2. The number of carbonyl (C=O) groups excluding carboxylic acids is 2. The number of nitrogens with zero attached hydrogens (tertiary/aromatic N) is 5.